The Morgan fingerprint density at radius 3 is 2.73 bits per heavy atom. The molecule has 1 saturated heterocycles. The van der Waals surface area contributed by atoms with E-state index in [1.54, 1.807) is 35.5 Å². The molecule has 1 aliphatic rings. The van der Waals surface area contributed by atoms with Crippen LogP contribution in [0.1, 0.15) is 34.8 Å². The van der Waals surface area contributed by atoms with Crippen molar-refractivity contribution in [1.29, 1.82) is 0 Å². The summed E-state index contributed by atoms with van der Waals surface area (Å²) >= 11 is 0. The van der Waals surface area contributed by atoms with Crippen LogP contribution in [0.5, 0.6) is 0 Å². The average Bonchev–Trinajstić information content (AvgIpc) is 2.68. The number of rotatable bonds is 2. The van der Waals surface area contributed by atoms with Gasteiger partial charge in [0.15, 0.2) is 0 Å². The third-order valence-corrected chi connectivity index (χ3v) is 4.74. The van der Waals surface area contributed by atoms with Gasteiger partial charge in [-0.25, -0.2) is 15.0 Å². The van der Waals surface area contributed by atoms with Crippen LogP contribution in [0, 0.1) is 0 Å². The monoisotopic (exact) mass is 350 g/mol. The molecular weight excluding hydrogens is 332 g/mol. The summed E-state index contributed by atoms with van der Waals surface area (Å²) in [5.74, 6) is 0.220. The fourth-order valence-electron chi connectivity index (χ4n) is 3.34. The highest BCUT2D eigenvalue weighted by atomic mass is 16.2. The molecule has 3 aromatic heterocycles. The average molecular weight is 350 g/mol. The summed E-state index contributed by atoms with van der Waals surface area (Å²) in [4.78, 5) is 39.5. The SMILES string of the molecule is Nc1nccc(C2CCN(C(=O)c3cnc4ccccn4c3=O)CC2)n1. The molecule has 26 heavy (non-hydrogen) atoms. The van der Waals surface area contributed by atoms with Crippen LogP contribution in [0.3, 0.4) is 0 Å². The van der Waals surface area contributed by atoms with E-state index in [1.165, 1.54) is 10.6 Å². The van der Waals surface area contributed by atoms with Crippen molar-refractivity contribution in [2.24, 2.45) is 0 Å². The summed E-state index contributed by atoms with van der Waals surface area (Å²) in [5.41, 5.74) is 6.82. The Labute approximate surface area is 149 Å². The molecule has 8 heteroatoms. The Hall–Kier alpha value is -3.29. The van der Waals surface area contributed by atoms with Crippen LogP contribution in [-0.2, 0) is 0 Å². The third-order valence-electron chi connectivity index (χ3n) is 4.74. The Bertz CT molecular complexity index is 1020. The van der Waals surface area contributed by atoms with Crippen molar-refractivity contribution < 1.29 is 4.79 Å². The number of hydrogen-bond donors (Lipinski definition) is 1. The second-order valence-electron chi connectivity index (χ2n) is 6.31. The van der Waals surface area contributed by atoms with Crippen molar-refractivity contribution in [3.05, 3.63) is 64.5 Å². The number of pyridine rings is 1. The predicted molar refractivity (Wildman–Crippen MR) is 95.8 cm³/mol. The van der Waals surface area contributed by atoms with E-state index in [9.17, 15) is 9.59 Å². The first kappa shape index (κ1) is 16.2. The molecule has 0 aliphatic carbocycles. The molecule has 3 aromatic rings. The number of carbonyl (C=O) groups excluding carboxylic acids is 1. The number of nitrogen functional groups attached to an aromatic ring is 1. The van der Waals surface area contributed by atoms with Crippen LogP contribution in [0.25, 0.3) is 5.65 Å². The number of anilines is 1. The second-order valence-corrected chi connectivity index (χ2v) is 6.31. The van der Waals surface area contributed by atoms with Crippen molar-refractivity contribution in [2.75, 3.05) is 18.8 Å². The van der Waals surface area contributed by atoms with Crippen molar-refractivity contribution in [1.82, 2.24) is 24.3 Å². The summed E-state index contributed by atoms with van der Waals surface area (Å²) in [5, 5.41) is 0. The molecule has 0 aromatic carbocycles. The van der Waals surface area contributed by atoms with Crippen molar-refractivity contribution in [2.45, 2.75) is 18.8 Å². The molecule has 132 valence electrons. The summed E-state index contributed by atoms with van der Waals surface area (Å²) in [6.07, 6.45) is 6.18. The molecule has 4 rings (SSSR count). The molecule has 0 bridgehead atoms. The van der Waals surface area contributed by atoms with Crippen molar-refractivity contribution >= 4 is 17.5 Å². The smallest absolute Gasteiger partial charge is 0.270 e. The summed E-state index contributed by atoms with van der Waals surface area (Å²) < 4.78 is 1.39. The lowest BCUT2D eigenvalue weighted by atomic mass is 9.93. The van der Waals surface area contributed by atoms with Gasteiger partial charge in [0.1, 0.15) is 11.2 Å². The highest BCUT2D eigenvalue weighted by Crippen LogP contribution is 2.27. The molecule has 1 amide bonds. The largest absolute Gasteiger partial charge is 0.368 e. The van der Waals surface area contributed by atoms with Gasteiger partial charge in [0.2, 0.25) is 5.95 Å². The lowest BCUT2D eigenvalue weighted by Crippen LogP contribution is -2.40. The quantitative estimate of drug-likeness (QED) is 0.741. The van der Waals surface area contributed by atoms with Crippen molar-refractivity contribution in [3.8, 4) is 0 Å². The van der Waals surface area contributed by atoms with E-state index in [0.29, 0.717) is 18.7 Å². The highest BCUT2D eigenvalue weighted by molar-refractivity contribution is 5.93. The number of aromatic nitrogens is 4. The Morgan fingerprint density at radius 2 is 1.96 bits per heavy atom. The van der Waals surface area contributed by atoms with Gasteiger partial charge in [-0.05, 0) is 31.0 Å². The third kappa shape index (κ3) is 2.90. The van der Waals surface area contributed by atoms with Crippen LogP contribution in [-0.4, -0.2) is 43.2 Å². The highest BCUT2D eigenvalue weighted by Gasteiger charge is 2.27. The predicted octanol–water partition coefficient (Wildman–Crippen LogP) is 1.09. The normalized spacial score (nSPS) is 15.3. The van der Waals surface area contributed by atoms with E-state index in [4.69, 9.17) is 5.73 Å². The molecular formula is C18H18N6O2. The van der Waals surface area contributed by atoms with Gasteiger partial charge in [0.05, 0.1) is 0 Å². The fourth-order valence-corrected chi connectivity index (χ4v) is 3.34. The number of fused-ring (bicyclic) bond motifs is 1. The number of carbonyl (C=O) groups is 1. The van der Waals surface area contributed by atoms with Gasteiger partial charge in [0, 0.05) is 43.3 Å². The van der Waals surface area contributed by atoms with Gasteiger partial charge in [-0.2, -0.15) is 0 Å². The van der Waals surface area contributed by atoms with Crippen LogP contribution in [0.2, 0.25) is 0 Å². The van der Waals surface area contributed by atoms with Crippen LogP contribution < -0.4 is 11.3 Å². The molecule has 0 atom stereocenters. The van der Waals surface area contributed by atoms with E-state index in [0.717, 1.165) is 18.5 Å². The van der Waals surface area contributed by atoms with E-state index in [-0.39, 0.29) is 28.9 Å². The maximum absolute atomic E-state index is 12.8. The summed E-state index contributed by atoms with van der Waals surface area (Å²) in [7, 11) is 0. The topological polar surface area (TPSA) is 106 Å². The molecule has 1 aliphatic heterocycles. The zero-order valence-electron chi connectivity index (χ0n) is 14.1. The lowest BCUT2D eigenvalue weighted by Gasteiger charge is -2.31. The molecule has 2 N–H and O–H groups in total. The van der Waals surface area contributed by atoms with Crippen LogP contribution in [0.15, 0.2) is 47.7 Å². The molecule has 0 radical (unpaired) electrons. The van der Waals surface area contributed by atoms with E-state index in [2.05, 4.69) is 15.0 Å². The zero-order valence-corrected chi connectivity index (χ0v) is 14.1. The second kappa shape index (κ2) is 6.55. The molecule has 0 spiro atoms. The van der Waals surface area contributed by atoms with Gasteiger partial charge in [0.25, 0.3) is 11.5 Å². The van der Waals surface area contributed by atoms with Crippen LogP contribution in [0.4, 0.5) is 5.95 Å². The van der Waals surface area contributed by atoms with Gasteiger partial charge in [-0.15, -0.1) is 0 Å². The van der Waals surface area contributed by atoms with Crippen LogP contribution >= 0.6 is 0 Å². The molecule has 4 heterocycles. The minimum Gasteiger partial charge on any atom is -0.368 e. The maximum Gasteiger partial charge on any atom is 0.270 e. The van der Waals surface area contributed by atoms with E-state index < -0.39 is 0 Å². The standard InChI is InChI=1S/C18H18N6O2/c19-18-20-7-4-14(22-18)12-5-9-23(10-6-12)16(25)13-11-21-15-3-1-2-8-24(15)17(13)26/h1-4,7-8,11-12H,5-6,9-10H2,(H2,19,20,22). The van der Waals surface area contributed by atoms with Gasteiger partial charge >= 0.3 is 0 Å². The molecule has 0 saturated carbocycles. The number of nitrogens with two attached hydrogens (primary N) is 1. The lowest BCUT2D eigenvalue weighted by molar-refractivity contribution is 0.0709. The van der Waals surface area contributed by atoms with Gasteiger partial charge in [-0.1, -0.05) is 6.07 Å². The number of nitrogens with zero attached hydrogens (tertiary/aromatic N) is 5. The first-order valence-electron chi connectivity index (χ1n) is 8.47. The minimum atomic E-state index is -0.341. The Morgan fingerprint density at radius 1 is 1.15 bits per heavy atom. The maximum atomic E-state index is 12.8. The Kier molecular flexibility index (Phi) is 4.08. The fraction of sp³-hybridized carbons (Fsp3) is 0.278. The van der Waals surface area contributed by atoms with Gasteiger partial charge in [-0.3, -0.25) is 14.0 Å². The molecule has 1 fully saturated rings. The Balaban J connectivity index is 1.52. The number of hydrogen-bond acceptors (Lipinski definition) is 6. The number of piperidine rings is 1. The van der Waals surface area contributed by atoms with Crippen molar-refractivity contribution in [3.63, 3.8) is 0 Å². The molecule has 8 nitrogen and oxygen atoms in total. The number of likely N-dealkylation sites (tertiary alicyclic amines) is 1. The summed E-state index contributed by atoms with van der Waals surface area (Å²) in [6, 6.07) is 7.13. The number of amides is 1. The van der Waals surface area contributed by atoms with E-state index in [1.807, 2.05) is 6.07 Å². The summed E-state index contributed by atoms with van der Waals surface area (Å²) in [6.45, 7) is 1.12. The van der Waals surface area contributed by atoms with Gasteiger partial charge < -0.3 is 10.6 Å². The zero-order chi connectivity index (χ0) is 18.1. The first-order chi connectivity index (χ1) is 12.6. The first-order valence-corrected chi connectivity index (χ1v) is 8.47. The van der Waals surface area contributed by atoms with E-state index >= 15 is 0 Å². The minimum absolute atomic E-state index is 0.0958. The molecule has 0 unspecified atom stereocenters.